The van der Waals surface area contributed by atoms with Crippen LogP contribution in [0.1, 0.15) is 37.0 Å². The number of benzene rings is 3. The van der Waals surface area contributed by atoms with Crippen molar-refractivity contribution in [3.8, 4) is 22.3 Å². The van der Waals surface area contributed by atoms with E-state index >= 15 is 0 Å². The van der Waals surface area contributed by atoms with Crippen molar-refractivity contribution in [3.05, 3.63) is 96.2 Å². The molecule has 34 heavy (non-hydrogen) atoms. The van der Waals surface area contributed by atoms with Gasteiger partial charge in [-0.3, -0.25) is 5.32 Å². The van der Waals surface area contributed by atoms with Gasteiger partial charge in [0, 0.05) is 0 Å². The molecule has 1 atom stereocenters. The highest BCUT2D eigenvalue weighted by molar-refractivity contribution is 5.89. The Balaban J connectivity index is 1.27. The summed E-state index contributed by atoms with van der Waals surface area (Å²) in [5.41, 5.74) is 5.35. The number of carbonyl (C=O) groups is 2. The van der Waals surface area contributed by atoms with Gasteiger partial charge in [0.25, 0.3) is 0 Å². The SMILES string of the molecule is C[C@@H](OC(=O)Nc1oncc1-c1ccc(-c2ccc(C3(C=O)CC3)cc2)cc1)c1ccccc1. The molecule has 6 heteroatoms. The summed E-state index contributed by atoms with van der Waals surface area (Å²) in [7, 11) is 0. The average molecular weight is 453 g/mol. The quantitative estimate of drug-likeness (QED) is 0.322. The van der Waals surface area contributed by atoms with Gasteiger partial charge in [0.15, 0.2) is 0 Å². The predicted octanol–water partition coefficient (Wildman–Crippen LogP) is 6.55. The maximum absolute atomic E-state index is 12.4. The highest BCUT2D eigenvalue weighted by Crippen LogP contribution is 2.46. The van der Waals surface area contributed by atoms with Gasteiger partial charge in [-0.2, -0.15) is 0 Å². The van der Waals surface area contributed by atoms with Crippen LogP contribution in [0.15, 0.2) is 89.6 Å². The van der Waals surface area contributed by atoms with Gasteiger partial charge >= 0.3 is 6.09 Å². The van der Waals surface area contributed by atoms with E-state index in [1.54, 1.807) is 6.20 Å². The lowest BCUT2D eigenvalue weighted by molar-refractivity contribution is -0.109. The van der Waals surface area contributed by atoms with E-state index in [2.05, 4.69) is 10.5 Å². The van der Waals surface area contributed by atoms with Crippen LogP contribution in [0.5, 0.6) is 0 Å². The van der Waals surface area contributed by atoms with Crippen LogP contribution in [-0.4, -0.2) is 17.5 Å². The molecule has 1 fully saturated rings. The highest BCUT2D eigenvalue weighted by Gasteiger charge is 2.44. The summed E-state index contributed by atoms with van der Waals surface area (Å²) in [5.74, 6) is 0.228. The Hall–Kier alpha value is -4.19. The number of rotatable bonds is 7. The third-order valence-corrected chi connectivity index (χ3v) is 6.34. The van der Waals surface area contributed by atoms with Crippen molar-refractivity contribution in [1.29, 1.82) is 0 Å². The fraction of sp³-hybridized carbons (Fsp3) is 0.179. The van der Waals surface area contributed by atoms with E-state index in [4.69, 9.17) is 9.26 Å². The van der Waals surface area contributed by atoms with Crippen LogP contribution in [-0.2, 0) is 14.9 Å². The Morgan fingerprint density at radius 3 is 2.21 bits per heavy atom. The fourth-order valence-corrected chi connectivity index (χ4v) is 4.06. The first-order valence-corrected chi connectivity index (χ1v) is 11.2. The van der Waals surface area contributed by atoms with Crippen molar-refractivity contribution < 1.29 is 18.8 Å². The van der Waals surface area contributed by atoms with Crippen LogP contribution in [0.4, 0.5) is 10.7 Å². The molecule has 4 aromatic rings. The third kappa shape index (κ3) is 4.35. The molecule has 0 unspecified atom stereocenters. The zero-order chi connectivity index (χ0) is 23.5. The van der Waals surface area contributed by atoms with Crippen molar-refractivity contribution in [2.75, 3.05) is 5.32 Å². The lowest BCUT2D eigenvalue weighted by Crippen LogP contribution is -2.16. The van der Waals surface area contributed by atoms with Gasteiger partial charge in [0.2, 0.25) is 5.88 Å². The van der Waals surface area contributed by atoms with Crippen LogP contribution in [0, 0.1) is 0 Å². The van der Waals surface area contributed by atoms with Gasteiger partial charge < -0.3 is 14.1 Å². The van der Waals surface area contributed by atoms with Gasteiger partial charge in [0.05, 0.1) is 17.2 Å². The minimum absolute atomic E-state index is 0.228. The molecular weight excluding hydrogens is 428 g/mol. The first-order chi connectivity index (χ1) is 16.6. The van der Waals surface area contributed by atoms with Crippen LogP contribution in [0.25, 0.3) is 22.3 Å². The first-order valence-electron chi connectivity index (χ1n) is 11.2. The van der Waals surface area contributed by atoms with Crippen LogP contribution in [0.2, 0.25) is 0 Å². The van der Waals surface area contributed by atoms with E-state index in [1.165, 1.54) is 0 Å². The molecule has 1 saturated carbocycles. The largest absolute Gasteiger partial charge is 0.441 e. The molecule has 1 N–H and O–H groups in total. The van der Waals surface area contributed by atoms with Gasteiger partial charge in [-0.1, -0.05) is 84.0 Å². The molecule has 1 aromatic heterocycles. The van der Waals surface area contributed by atoms with E-state index < -0.39 is 12.2 Å². The Bertz CT molecular complexity index is 1290. The van der Waals surface area contributed by atoms with Crippen molar-refractivity contribution in [3.63, 3.8) is 0 Å². The smallest absolute Gasteiger partial charge is 0.414 e. The van der Waals surface area contributed by atoms with Crippen molar-refractivity contribution in [1.82, 2.24) is 5.16 Å². The Kier molecular flexibility index (Phi) is 5.72. The number of anilines is 1. The summed E-state index contributed by atoms with van der Waals surface area (Å²) >= 11 is 0. The average Bonchev–Trinajstić information content (AvgIpc) is 3.56. The molecule has 170 valence electrons. The molecule has 6 nitrogen and oxygen atoms in total. The zero-order valence-electron chi connectivity index (χ0n) is 18.7. The Morgan fingerprint density at radius 2 is 1.59 bits per heavy atom. The number of nitrogens with zero attached hydrogens (tertiary/aromatic N) is 1. The molecule has 0 radical (unpaired) electrons. The van der Waals surface area contributed by atoms with E-state index in [9.17, 15) is 9.59 Å². The zero-order valence-corrected chi connectivity index (χ0v) is 18.7. The molecule has 0 saturated heterocycles. The summed E-state index contributed by atoms with van der Waals surface area (Å²) < 4.78 is 10.7. The predicted molar refractivity (Wildman–Crippen MR) is 129 cm³/mol. The molecule has 0 spiro atoms. The topological polar surface area (TPSA) is 81.4 Å². The molecule has 0 bridgehead atoms. The van der Waals surface area contributed by atoms with E-state index in [1.807, 2.05) is 85.8 Å². The second-order valence-electron chi connectivity index (χ2n) is 8.58. The normalized spacial score (nSPS) is 14.7. The molecule has 1 aliphatic rings. The summed E-state index contributed by atoms with van der Waals surface area (Å²) in [5, 5.41) is 6.49. The second-order valence-corrected chi connectivity index (χ2v) is 8.58. The molecule has 1 aliphatic carbocycles. The van der Waals surface area contributed by atoms with Gasteiger partial charge in [-0.25, -0.2) is 4.79 Å². The third-order valence-electron chi connectivity index (χ3n) is 6.34. The fourth-order valence-electron chi connectivity index (χ4n) is 4.06. The number of carbonyl (C=O) groups excluding carboxylic acids is 2. The maximum atomic E-state index is 12.4. The molecular formula is C28H24N2O4. The highest BCUT2D eigenvalue weighted by atomic mass is 16.6. The Morgan fingerprint density at radius 1 is 0.971 bits per heavy atom. The number of ether oxygens (including phenoxy) is 1. The number of amides is 1. The molecule has 3 aromatic carbocycles. The van der Waals surface area contributed by atoms with Crippen LogP contribution in [0.3, 0.4) is 0 Å². The summed E-state index contributed by atoms with van der Waals surface area (Å²) in [6, 6.07) is 25.6. The minimum Gasteiger partial charge on any atom is -0.441 e. The van der Waals surface area contributed by atoms with Gasteiger partial charge in [-0.05, 0) is 47.6 Å². The van der Waals surface area contributed by atoms with E-state index in [0.717, 1.165) is 46.9 Å². The first kappa shape index (κ1) is 21.6. The number of aldehydes is 1. The number of hydrogen-bond donors (Lipinski definition) is 1. The molecule has 1 amide bonds. The maximum Gasteiger partial charge on any atom is 0.414 e. The summed E-state index contributed by atoms with van der Waals surface area (Å²) in [6.07, 6.45) is 3.47. The van der Waals surface area contributed by atoms with Crippen molar-refractivity contribution in [2.24, 2.45) is 0 Å². The number of nitrogens with one attached hydrogen (secondary N) is 1. The van der Waals surface area contributed by atoms with Crippen molar-refractivity contribution in [2.45, 2.75) is 31.3 Å². The van der Waals surface area contributed by atoms with Gasteiger partial charge in [-0.15, -0.1) is 0 Å². The monoisotopic (exact) mass is 452 g/mol. The summed E-state index contributed by atoms with van der Waals surface area (Å²) in [4.78, 5) is 23.8. The molecule has 5 rings (SSSR count). The number of hydrogen-bond acceptors (Lipinski definition) is 5. The minimum atomic E-state index is -0.616. The van der Waals surface area contributed by atoms with Crippen LogP contribution < -0.4 is 5.32 Å². The lowest BCUT2D eigenvalue weighted by atomic mass is 9.94. The molecule has 1 heterocycles. The Labute approximate surface area is 197 Å². The van der Waals surface area contributed by atoms with Crippen LogP contribution >= 0.6 is 0 Å². The van der Waals surface area contributed by atoms with E-state index in [0.29, 0.717) is 5.56 Å². The van der Waals surface area contributed by atoms with E-state index in [-0.39, 0.29) is 11.3 Å². The lowest BCUT2D eigenvalue weighted by Gasteiger charge is -2.13. The summed E-state index contributed by atoms with van der Waals surface area (Å²) in [6.45, 7) is 1.81. The number of aromatic nitrogens is 1. The van der Waals surface area contributed by atoms with Crippen molar-refractivity contribution >= 4 is 18.3 Å². The second kappa shape index (κ2) is 8.98. The van der Waals surface area contributed by atoms with Gasteiger partial charge in [0.1, 0.15) is 12.4 Å². The standard InChI is InChI=1S/C28H24N2O4/c1-19(20-5-3-2-4-6-20)33-27(32)30-26-25(17-29-34-26)23-9-7-21(8-10-23)22-11-13-24(14-12-22)28(18-31)15-16-28/h2-14,17-19H,15-16H2,1H3,(H,30,32)/t19-/m1/s1. The molecule has 0 aliphatic heterocycles.